The summed E-state index contributed by atoms with van der Waals surface area (Å²) in [5, 5.41) is 13.1. The number of thioether (sulfide) groups is 1. The number of benzene rings is 2. The average molecular weight is 476 g/mol. The van der Waals surface area contributed by atoms with E-state index in [1.807, 2.05) is 30.3 Å². The summed E-state index contributed by atoms with van der Waals surface area (Å²) < 4.78 is 0.266. The van der Waals surface area contributed by atoms with E-state index < -0.39 is 22.0 Å². The van der Waals surface area contributed by atoms with Crippen LogP contribution >= 0.6 is 27.7 Å². The Bertz CT molecular complexity index is 1030. The monoisotopic (exact) mass is 475 g/mol. The third-order valence-corrected chi connectivity index (χ3v) is 5.57. The summed E-state index contributed by atoms with van der Waals surface area (Å²) in [6.45, 7) is 0.0283. The van der Waals surface area contributed by atoms with Gasteiger partial charge in [-0.1, -0.05) is 30.3 Å². The maximum Gasteiger partial charge on any atom is 0.293 e. The number of nitrogens with one attached hydrogen (secondary N) is 1. The number of nitro groups is 1. The molecule has 2 aromatic carbocycles. The van der Waals surface area contributed by atoms with E-state index in [2.05, 4.69) is 21.2 Å². The second kappa shape index (κ2) is 9.01. The molecular formula is C19H14BrN3O5S. The number of hydrogen-bond donors (Lipinski definition) is 1. The minimum absolute atomic E-state index is 0.00115. The molecule has 0 spiro atoms. The van der Waals surface area contributed by atoms with Crippen molar-refractivity contribution < 1.29 is 19.3 Å². The first-order valence-electron chi connectivity index (χ1n) is 8.39. The van der Waals surface area contributed by atoms with Gasteiger partial charge in [-0.3, -0.25) is 29.4 Å². The molecule has 0 aromatic heterocycles. The molecule has 148 valence electrons. The number of carbonyl (C=O) groups excluding carboxylic acids is 3. The van der Waals surface area contributed by atoms with Crippen LogP contribution in [0.1, 0.15) is 15.9 Å². The summed E-state index contributed by atoms with van der Waals surface area (Å²) in [5.41, 5.74) is 0.691. The lowest BCUT2D eigenvalue weighted by molar-refractivity contribution is -0.385. The zero-order chi connectivity index (χ0) is 21.0. The molecule has 0 bridgehead atoms. The predicted molar refractivity (Wildman–Crippen MR) is 112 cm³/mol. The molecule has 0 unspecified atom stereocenters. The highest BCUT2D eigenvalue weighted by Crippen LogP contribution is 2.31. The van der Waals surface area contributed by atoms with Crippen LogP contribution in [0.4, 0.5) is 10.5 Å². The van der Waals surface area contributed by atoms with Crippen LogP contribution in [0.2, 0.25) is 0 Å². The van der Waals surface area contributed by atoms with Gasteiger partial charge in [0.05, 0.1) is 14.3 Å². The van der Waals surface area contributed by atoms with Crippen molar-refractivity contribution in [3.05, 3.63) is 79.2 Å². The number of carbonyl (C=O) groups is 3. The minimum Gasteiger partial charge on any atom is -0.350 e. The Hall–Kier alpha value is -2.98. The second-order valence-corrected chi connectivity index (χ2v) is 7.77. The number of hydrogen-bond acceptors (Lipinski definition) is 6. The number of nitro benzene ring substituents is 1. The van der Waals surface area contributed by atoms with Crippen LogP contribution in [0.15, 0.2) is 57.9 Å². The van der Waals surface area contributed by atoms with Gasteiger partial charge in [-0.05, 0) is 51.5 Å². The summed E-state index contributed by atoms with van der Waals surface area (Å²) in [6, 6.07) is 13.2. The number of rotatable bonds is 6. The fraction of sp³-hybridized carbons (Fsp3) is 0.105. The number of nitrogens with zero attached hydrogens (tertiary/aromatic N) is 2. The van der Waals surface area contributed by atoms with Crippen LogP contribution in [0.5, 0.6) is 0 Å². The number of imide groups is 1. The van der Waals surface area contributed by atoms with Crippen LogP contribution in [0.25, 0.3) is 6.08 Å². The van der Waals surface area contributed by atoms with Gasteiger partial charge in [0, 0.05) is 24.7 Å². The van der Waals surface area contributed by atoms with E-state index in [0.717, 1.165) is 28.3 Å². The zero-order valence-electron chi connectivity index (χ0n) is 14.8. The Balaban J connectivity index is 1.60. The quantitative estimate of drug-likeness (QED) is 0.386. The first kappa shape index (κ1) is 20.7. The van der Waals surface area contributed by atoms with E-state index in [1.54, 1.807) is 6.08 Å². The van der Waals surface area contributed by atoms with Gasteiger partial charge in [0.2, 0.25) is 0 Å². The minimum atomic E-state index is -0.597. The Kier molecular flexibility index (Phi) is 6.45. The van der Waals surface area contributed by atoms with Crippen LogP contribution in [-0.4, -0.2) is 40.0 Å². The lowest BCUT2D eigenvalue weighted by atomic mass is 10.2. The highest BCUT2D eigenvalue weighted by atomic mass is 79.9. The van der Waals surface area contributed by atoms with E-state index in [9.17, 15) is 24.5 Å². The first-order valence-corrected chi connectivity index (χ1v) is 10.0. The maximum absolute atomic E-state index is 12.4. The van der Waals surface area contributed by atoms with Crippen LogP contribution in [0.3, 0.4) is 0 Å². The molecule has 3 amide bonds. The van der Waals surface area contributed by atoms with E-state index in [1.165, 1.54) is 12.1 Å². The molecule has 1 fully saturated rings. The Morgan fingerprint density at radius 2 is 1.93 bits per heavy atom. The third-order valence-electron chi connectivity index (χ3n) is 4.00. The van der Waals surface area contributed by atoms with Gasteiger partial charge in [-0.2, -0.15) is 0 Å². The molecule has 1 N–H and O–H groups in total. The van der Waals surface area contributed by atoms with Gasteiger partial charge >= 0.3 is 0 Å². The lowest BCUT2D eigenvalue weighted by Crippen LogP contribution is -2.37. The van der Waals surface area contributed by atoms with E-state index in [4.69, 9.17) is 0 Å². The SMILES string of the molecule is O=C(NCCN1C(=O)SC(=Cc2ccccc2)C1=O)c1ccc(Br)c([N+](=O)[O-])c1. The molecular weight excluding hydrogens is 462 g/mol. The summed E-state index contributed by atoms with van der Waals surface area (Å²) in [5.74, 6) is -0.954. The predicted octanol–water partition coefficient (Wildman–Crippen LogP) is 3.82. The normalized spacial score (nSPS) is 15.1. The van der Waals surface area contributed by atoms with Crippen molar-refractivity contribution >= 4 is 56.5 Å². The van der Waals surface area contributed by atoms with Crippen molar-refractivity contribution in [2.75, 3.05) is 13.1 Å². The Morgan fingerprint density at radius 1 is 1.21 bits per heavy atom. The van der Waals surface area contributed by atoms with Crippen molar-refractivity contribution in [2.24, 2.45) is 0 Å². The van der Waals surface area contributed by atoms with Gasteiger partial charge in [0.1, 0.15) is 0 Å². The zero-order valence-corrected chi connectivity index (χ0v) is 17.2. The lowest BCUT2D eigenvalue weighted by Gasteiger charge is -2.13. The van der Waals surface area contributed by atoms with Gasteiger partial charge in [-0.25, -0.2) is 0 Å². The highest BCUT2D eigenvalue weighted by Gasteiger charge is 2.34. The summed E-state index contributed by atoms with van der Waals surface area (Å²) in [6.07, 6.45) is 1.64. The number of amides is 3. The molecule has 0 atom stereocenters. The second-order valence-electron chi connectivity index (χ2n) is 5.92. The Morgan fingerprint density at radius 3 is 2.62 bits per heavy atom. The fourth-order valence-corrected chi connectivity index (χ4v) is 3.83. The smallest absolute Gasteiger partial charge is 0.293 e. The summed E-state index contributed by atoms with van der Waals surface area (Å²) in [4.78, 5) is 48.5. The molecule has 8 nitrogen and oxygen atoms in total. The van der Waals surface area contributed by atoms with E-state index in [0.29, 0.717) is 4.91 Å². The van der Waals surface area contributed by atoms with Gasteiger partial charge in [0.25, 0.3) is 22.7 Å². The number of halogens is 1. The van der Waals surface area contributed by atoms with Gasteiger partial charge in [-0.15, -0.1) is 0 Å². The topological polar surface area (TPSA) is 110 Å². The maximum atomic E-state index is 12.4. The van der Waals surface area contributed by atoms with Gasteiger partial charge in [0.15, 0.2) is 0 Å². The molecule has 2 aromatic rings. The largest absolute Gasteiger partial charge is 0.350 e. The standard InChI is InChI=1S/C19H14BrN3O5S/c20-14-7-6-13(11-15(14)23(27)28)17(24)21-8-9-22-18(25)16(29-19(22)26)10-12-4-2-1-3-5-12/h1-7,10-11H,8-9H2,(H,21,24). The highest BCUT2D eigenvalue weighted by molar-refractivity contribution is 9.10. The molecule has 3 rings (SSSR count). The fourth-order valence-electron chi connectivity index (χ4n) is 2.57. The van der Waals surface area contributed by atoms with Gasteiger partial charge < -0.3 is 5.32 Å². The third kappa shape index (κ3) is 4.90. The molecule has 1 aliphatic heterocycles. The van der Waals surface area contributed by atoms with Crippen molar-refractivity contribution in [1.29, 1.82) is 0 Å². The van der Waals surface area contributed by atoms with Crippen LogP contribution in [-0.2, 0) is 4.79 Å². The molecule has 0 radical (unpaired) electrons. The van der Waals surface area contributed by atoms with Crippen LogP contribution in [0, 0.1) is 10.1 Å². The molecule has 0 aliphatic carbocycles. The van der Waals surface area contributed by atoms with Crippen LogP contribution < -0.4 is 5.32 Å². The van der Waals surface area contributed by atoms with E-state index >= 15 is 0 Å². The van der Waals surface area contributed by atoms with Crippen molar-refractivity contribution in [3.8, 4) is 0 Å². The Labute approximate surface area is 178 Å². The first-order chi connectivity index (χ1) is 13.9. The van der Waals surface area contributed by atoms with Crippen molar-refractivity contribution in [2.45, 2.75) is 0 Å². The average Bonchev–Trinajstić information content (AvgIpc) is 2.96. The summed E-state index contributed by atoms with van der Waals surface area (Å²) >= 11 is 3.90. The molecule has 0 saturated carbocycles. The molecule has 1 heterocycles. The molecule has 1 aliphatic rings. The molecule has 1 saturated heterocycles. The van der Waals surface area contributed by atoms with Crippen molar-refractivity contribution in [3.63, 3.8) is 0 Å². The summed E-state index contributed by atoms with van der Waals surface area (Å²) in [7, 11) is 0. The van der Waals surface area contributed by atoms with Crippen molar-refractivity contribution in [1.82, 2.24) is 10.2 Å². The molecule has 29 heavy (non-hydrogen) atoms. The van der Waals surface area contributed by atoms with E-state index in [-0.39, 0.29) is 28.8 Å². The molecule has 10 heteroatoms.